The molecule has 0 spiro atoms. The van der Waals surface area contributed by atoms with Crippen LogP contribution in [0.1, 0.15) is 18.9 Å². The van der Waals surface area contributed by atoms with Gasteiger partial charge in [-0.05, 0) is 37.6 Å². The Morgan fingerprint density at radius 1 is 1.00 bits per heavy atom. The molecule has 1 aromatic carbocycles. The van der Waals surface area contributed by atoms with Crippen molar-refractivity contribution in [1.29, 1.82) is 0 Å². The molecule has 2 saturated heterocycles. The van der Waals surface area contributed by atoms with Crippen LogP contribution in [0.25, 0.3) is 28.1 Å². The fourth-order valence-electron chi connectivity index (χ4n) is 4.71. The number of rotatable bonds is 5. The molecular weight excluding hydrogens is 456 g/mol. The first-order valence-electron chi connectivity index (χ1n) is 12.6. The summed E-state index contributed by atoms with van der Waals surface area (Å²) >= 11 is 0. The highest BCUT2D eigenvalue weighted by molar-refractivity contribution is 5.90. The Morgan fingerprint density at radius 3 is 2.44 bits per heavy atom. The predicted octanol–water partition coefficient (Wildman–Crippen LogP) is 1.99. The molecule has 0 radical (unpaired) electrons. The molecule has 1 amide bonds. The van der Waals surface area contributed by atoms with Crippen molar-refractivity contribution >= 4 is 34.4 Å². The van der Waals surface area contributed by atoms with E-state index < -0.39 is 0 Å². The van der Waals surface area contributed by atoms with Crippen molar-refractivity contribution in [2.24, 2.45) is 5.73 Å². The van der Waals surface area contributed by atoms with Crippen LogP contribution in [0.2, 0.25) is 0 Å². The zero-order valence-electron chi connectivity index (χ0n) is 21.3. The average Bonchev–Trinajstić information content (AvgIpc) is 3.72. The van der Waals surface area contributed by atoms with Gasteiger partial charge < -0.3 is 25.2 Å². The third-order valence-corrected chi connectivity index (χ3v) is 6.82. The summed E-state index contributed by atoms with van der Waals surface area (Å²) in [6, 6.07) is 8.46. The monoisotopic (exact) mass is 490 g/mol. The molecule has 2 fully saturated rings. The van der Waals surface area contributed by atoms with Gasteiger partial charge in [0.15, 0.2) is 22.8 Å². The number of hydrogen-bond donors (Lipinski definition) is 1. The molecule has 10 nitrogen and oxygen atoms in total. The highest BCUT2D eigenvalue weighted by Gasteiger charge is 2.28. The van der Waals surface area contributed by atoms with Gasteiger partial charge in [-0.15, -0.1) is 0 Å². The fourth-order valence-corrected chi connectivity index (χ4v) is 4.71. The van der Waals surface area contributed by atoms with E-state index in [-0.39, 0.29) is 5.91 Å². The van der Waals surface area contributed by atoms with Crippen LogP contribution in [0.3, 0.4) is 0 Å². The number of nitrogens with zero attached hydrogens (tertiary/aromatic N) is 7. The minimum absolute atomic E-state index is 0.104. The smallest absolute Gasteiger partial charge is 0.242 e. The topological polar surface area (TPSA) is 106 Å². The molecule has 190 valence electrons. The Bertz CT molecular complexity index is 1290. The van der Waals surface area contributed by atoms with E-state index in [0.29, 0.717) is 38.7 Å². The number of fused-ring (bicyclic) bond motifs is 1. The molecule has 4 heterocycles. The Kier molecular flexibility index (Phi) is 6.88. The highest BCUT2D eigenvalue weighted by Crippen LogP contribution is 2.35. The number of nitrogens with two attached hydrogens (primary N) is 1. The molecule has 0 atom stereocenters. The molecule has 2 N–H and O–H groups in total. The summed E-state index contributed by atoms with van der Waals surface area (Å²) in [5.41, 5.74) is 9.70. The number of aromatic nitrogens is 4. The molecule has 2 aliphatic heterocycles. The van der Waals surface area contributed by atoms with Crippen molar-refractivity contribution in [3.05, 3.63) is 35.9 Å². The molecule has 3 aromatic rings. The van der Waals surface area contributed by atoms with Crippen molar-refractivity contribution in [3.8, 4) is 11.4 Å². The standard InChI is InChI=1S/C25H29N7O2.CH5N/c1-3-32-24-21(26-25(32)31-10-9-29(2)20(33)16-31)23(30-11-13-34-14-12-30)27-22(28-24)19-6-4-5-18(15-19)17-7-8-17;1-2/h4-7,15H,3,8-14,16H2,1-2H3;2H2,1H3. The lowest BCUT2D eigenvalue weighted by atomic mass is 10.1. The van der Waals surface area contributed by atoms with E-state index in [0.717, 1.165) is 54.5 Å². The van der Waals surface area contributed by atoms with Gasteiger partial charge >= 0.3 is 0 Å². The summed E-state index contributed by atoms with van der Waals surface area (Å²) < 4.78 is 7.72. The van der Waals surface area contributed by atoms with Crippen molar-refractivity contribution < 1.29 is 9.53 Å². The summed E-state index contributed by atoms with van der Waals surface area (Å²) in [6.07, 6.45) is 3.29. The van der Waals surface area contributed by atoms with E-state index in [1.165, 1.54) is 18.2 Å². The zero-order valence-corrected chi connectivity index (χ0v) is 21.3. The molecule has 6 rings (SSSR count). The number of imidazole rings is 1. The van der Waals surface area contributed by atoms with Gasteiger partial charge in [0.05, 0.1) is 19.8 Å². The number of hydrogen-bond acceptors (Lipinski definition) is 8. The van der Waals surface area contributed by atoms with Crippen LogP contribution in [0.4, 0.5) is 11.8 Å². The van der Waals surface area contributed by atoms with Crippen LogP contribution in [0.15, 0.2) is 30.3 Å². The van der Waals surface area contributed by atoms with Gasteiger partial charge in [-0.25, -0.2) is 15.0 Å². The fraction of sp³-hybridized carbons (Fsp3) is 0.462. The number of ether oxygens (including phenoxy) is 1. The normalized spacial score (nSPS) is 17.7. The number of carbonyl (C=O) groups is 1. The minimum atomic E-state index is 0.104. The zero-order chi connectivity index (χ0) is 25.2. The third kappa shape index (κ3) is 4.54. The molecule has 36 heavy (non-hydrogen) atoms. The van der Waals surface area contributed by atoms with Crippen LogP contribution in [-0.4, -0.2) is 90.4 Å². The van der Waals surface area contributed by atoms with E-state index in [1.807, 2.05) is 7.05 Å². The van der Waals surface area contributed by atoms with Gasteiger partial charge in [0.1, 0.15) is 0 Å². The molecular formula is C26H34N8O2. The molecule has 0 unspecified atom stereocenters. The molecule has 1 aliphatic carbocycles. The molecule has 0 bridgehead atoms. The number of amides is 1. The van der Waals surface area contributed by atoms with Crippen molar-refractivity contribution in [2.75, 3.05) is 69.8 Å². The molecule has 2 aromatic heterocycles. The van der Waals surface area contributed by atoms with Crippen LogP contribution < -0.4 is 15.5 Å². The maximum atomic E-state index is 12.4. The van der Waals surface area contributed by atoms with Crippen LogP contribution >= 0.6 is 0 Å². The Labute approximate surface area is 211 Å². The second-order valence-electron chi connectivity index (χ2n) is 9.05. The number of allylic oxidation sites excluding steroid dienone is 2. The number of morpholine rings is 1. The maximum absolute atomic E-state index is 12.4. The summed E-state index contributed by atoms with van der Waals surface area (Å²) in [7, 11) is 3.35. The van der Waals surface area contributed by atoms with E-state index in [1.54, 1.807) is 4.90 Å². The Hall–Kier alpha value is -3.50. The van der Waals surface area contributed by atoms with Crippen molar-refractivity contribution in [2.45, 2.75) is 19.9 Å². The second-order valence-corrected chi connectivity index (χ2v) is 9.05. The van der Waals surface area contributed by atoms with Gasteiger partial charge in [0.2, 0.25) is 11.9 Å². The lowest BCUT2D eigenvalue weighted by Gasteiger charge is -2.32. The first-order valence-corrected chi connectivity index (χ1v) is 12.6. The van der Waals surface area contributed by atoms with Crippen LogP contribution in [0, 0.1) is 0 Å². The van der Waals surface area contributed by atoms with Gasteiger partial charge in [0.25, 0.3) is 0 Å². The Morgan fingerprint density at radius 2 is 1.75 bits per heavy atom. The SMILES string of the molecule is CCn1c(N2CCN(C)C(=O)C2)nc2c(N3CCOCC3)nc(-c3cccc(C4=CC4)c3)nc21.CN. The summed E-state index contributed by atoms with van der Waals surface area (Å²) in [5.74, 6) is 2.44. The molecule has 0 saturated carbocycles. The maximum Gasteiger partial charge on any atom is 0.242 e. The lowest BCUT2D eigenvalue weighted by molar-refractivity contribution is -0.129. The predicted molar refractivity (Wildman–Crippen MR) is 142 cm³/mol. The number of aryl methyl sites for hydroxylation is 1. The summed E-state index contributed by atoms with van der Waals surface area (Å²) in [5, 5.41) is 0. The average molecular weight is 491 g/mol. The number of piperazine rings is 1. The summed E-state index contributed by atoms with van der Waals surface area (Å²) in [6.45, 7) is 7.41. The van der Waals surface area contributed by atoms with E-state index >= 15 is 0 Å². The van der Waals surface area contributed by atoms with E-state index in [9.17, 15) is 4.79 Å². The highest BCUT2D eigenvalue weighted by atomic mass is 16.5. The number of anilines is 2. The van der Waals surface area contributed by atoms with E-state index in [2.05, 4.69) is 57.4 Å². The quantitative estimate of drug-likeness (QED) is 0.579. The third-order valence-electron chi connectivity index (χ3n) is 6.82. The second kappa shape index (κ2) is 10.2. The van der Waals surface area contributed by atoms with Crippen LogP contribution in [0.5, 0.6) is 0 Å². The van der Waals surface area contributed by atoms with Crippen LogP contribution in [-0.2, 0) is 16.1 Å². The molecule has 3 aliphatic rings. The van der Waals surface area contributed by atoms with Crippen molar-refractivity contribution in [1.82, 2.24) is 24.4 Å². The number of carbonyl (C=O) groups excluding carboxylic acids is 1. The number of likely N-dealkylation sites (N-methyl/N-ethyl adjacent to an activating group) is 1. The lowest BCUT2D eigenvalue weighted by Crippen LogP contribution is -2.49. The largest absolute Gasteiger partial charge is 0.378 e. The Balaban J connectivity index is 0.00000130. The summed E-state index contributed by atoms with van der Waals surface area (Å²) in [4.78, 5) is 33.6. The molecule has 10 heteroatoms. The first kappa shape index (κ1) is 24.2. The van der Waals surface area contributed by atoms with E-state index in [4.69, 9.17) is 19.7 Å². The van der Waals surface area contributed by atoms with Gasteiger partial charge in [-0.1, -0.05) is 24.3 Å². The first-order chi connectivity index (χ1) is 17.6. The van der Waals surface area contributed by atoms with Gasteiger partial charge in [-0.3, -0.25) is 9.36 Å². The van der Waals surface area contributed by atoms with Crippen molar-refractivity contribution in [3.63, 3.8) is 0 Å². The van der Waals surface area contributed by atoms with Gasteiger partial charge in [0, 0.05) is 45.3 Å². The number of benzene rings is 1. The minimum Gasteiger partial charge on any atom is -0.378 e. The van der Waals surface area contributed by atoms with Gasteiger partial charge in [-0.2, -0.15) is 0 Å².